The summed E-state index contributed by atoms with van der Waals surface area (Å²) in [5, 5.41) is 3.66. The Balaban J connectivity index is 2.29. The molecule has 0 aliphatic carbocycles. The molecule has 0 aliphatic rings. The Hall–Kier alpha value is -3.01. The summed E-state index contributed by atoms with van der Waals surface area (Å²) in [5.74, 6) is 0.619. The van der Waals surface area contributed by atoms with Gasteiger partial charge in [0.1, 0.15) is 11.3 Å². The number of hydrogen-bond donors (Lipinski definition) is 1. The van der Waals surface area contributed by atoms with Crippen LogP contribution in [0.3, 0.4) is 0 Å². The summed E-state index contributed by atoms with van der Waals surface area (Å²) in [6.45, 7) is 10.6. The molecule has 2 aromatic carbocycles. The van der Waals surface area contributed by atoms with Crippen molar-refractivity contribution in [1.82, 2.24) is 5.32 Å². The van der Waals surface area contributed by atoms with Crippen molar-refractivity contribution >= 4 is 22.4 Å². The molecule has 3 aromatic rings. The van der Waals surface area contributed by atoms with Crippen molar-refractivity contribution in [3.05, 3.63) is 58.9 Å². The molecule has 0 atom stereocenters. The van der Waals surface area contributed by atoms with E-state index >= 15 is 0 Å². The van der Waals surface area contributed by atoms with Gasteiger partial charge in [-0.05, 0) is 57.4 Å². The Bertz CT molecular complexity index is 1070. The quantitative estimate of drug-likeness (QED) is 0.591. The zero-order valence-corrected chi connectivity index (χ0v) is 17.4. The average Bonchev–Trinajstić information content (AvgIpc) is 3.07. The van der Waals surface area contributed by atoms with Crippen LogP contribution in [-0.4, -0.2) is 19.6 Å². The maximum atomic E-state index is 11.9. The summed E-state index contributed by atoms with van der Waals surface area (Å²) < 4.78 is 11.9. The highest BCUT2D eigenvalue weighted by Gasteiger charge is 2.19. The SMILES string of the molecule is CCOc1c(/C(C)=C/C(=O)NC)cc2c(-c3ccc(C)cc3C)coc2c1C. The molecule has 0 aliphatic heterocycles. The highest BCUT2D eigenvalue weighted by molar-refractivity contribution is 6.02. The zero-order chi connectivity index (χ0) is 20.4. The van der Waals surface area contributed by atoms with E-state index in [9.17, 15) is 4.79 Å². The molecule has 1 amide bonds. The van der Waals surface area contributed by atoms with Crippen LogP contribution in [0.25, 0.3) is 27.7 Å². The van der Waals surface area contributed by atoms with Gasteiger partial charge in [-0.15, -0.1) is 0 Å². The van der Waals surface area contributed by atoms with Crippen LogP contribution in [0, 0.1) is 20.8 Å². The standard InChI is InChI=1S/C24H27NO3/c1-7-27-23-17(5)24-20(12-19(23)16(4)11-22(26)25-6)21(13-28-24)18-9-8-14(2)10-15(18)3/h8-13H,7H2,1-6H3,(H,25,26)/b16-11+. The Morgan fingerprint density at radius 3 is 2.57 bits per heavy atom. The number of carbonyl (C=O) groups excluding carboxylic acids is 1. The molecule has 0 saturated carbocycles. The van der Waals surface area contributed by atoms with Crippen molar-refractivity contribution in [2.24, 2.45) is 0 Å². The van der Waals surface area contributed by atoms with Crippen LogP contribution < -0.4 is 10.1 Å². The second-order valence-electron chi connectivity index (χ2n) is 7.10. The lowest BCUT2D eigenvalue weighted by Crippen LogP contribution is -2.14. The van der Waals surface area contributed by atoms with Crippen molar-refractivity contribution < 1.29 is 13.9 Å². The molecule has 0 fully saturated rings. The van der Waals surface area contributed by atoms with E-state index in [2.05, 4.69) is 43.4 Å². The normalized spacial score (nSPS) is 11.7. The zero-order valence-electron chi connectivity index (χ0n) is 17.4. The molecule has 1 heterocycles. The van der Waals surface area contributed by atoms with Crippen molar-refractivity contribution in [3.63, 3.8) is 0 Å². The van der Waals surface area contributed by atoms with Gasteiger partial charge in [0.2, 0.25) is 5.91 Å². The van der Waals surface area contributed by atoms with Gasteiger partial charge in [0.25, 0.3) is 0 Å². The van der Waals surface area contributed by atoms with Crippen LogP contribution >= 0.6 is 0 Å². The molecule has 146 valence electrons. The lowest BCUT2D eigenvalue weighted by Gasteiger charge is -2.15. The van der Waals surface area contributed by atoms with Gasteiger partial charge in [0.15, 0.2) is 0 Å². The number of aryl methyl sites for hydroxylation is 3. The van der Waals surface area contributed by atoms with Crippen LogP contribution in [-0.2, 0) is 4.79 Å². The predicted octanol–water partition coefficient (Wildman–Crippen LogP) is 5.57. The van der Waals surface area contributed by atoms with Crippen LogP contribution in [0.4, 0.5) is 0 Å². The maximum Gasteiger partial charge on any atom is 0.244 e. The van der Waals surface area contributed by atoms with E-state index in [1.165, 1.54) is 11.1 Å². The molecule has 28 heavy (non-hydrogen) atoms. The molecule has 4 nitrogen and oxygen atoms in total. The van der Waals surface area contributed by atoms with Crippen LogP contribution in [0.1, 0.15) is 36.1 Å². The fourth-order valence-corrected chi connectivity index (χ4v) is 3.61. The Labute approximate surface area is 166 Å². The van der Waals surface area contributed by atoms with Gasteiger partial charge in [0.05, 0.1) is 12.9 Å². The van der Waals surface area contributed by atoms with E-state index in [4.69, 9.17) is 9.15 Å². The molecular weight excluding hydrogens is 350 g/mol. The van der Waals surface area contributed by atoms with E-state index in [1.807, 2.05) is 27.0 Å². The number of rotatable bonds is 5. The van der Waals surface area contributed by atoms with E-state index in [1.54, 1.807) is 13.1 Å². The molecule has 3 rings (SSSR count). The third-order valence-corrected chi connectivity index (χ3v) is 5.02. The van der Waals surface area contributed by atoms with Crippen molar-refractivity contribution in [2.45, 2.75) is 34.6 Å². The van der Waals surface area contributed by atoms with Gasteiger partial charge in [0, 0.05) is 35.2 Å². The fourth-order valence-electron chi connectivity index (χ4n) is 3.61. The average molecular weight is 377 g/mol. The molecule has 4 heteroatoms. The first kappa shape index (κ1) is 19.7. The van der Waals surface area contributed by atoms with Gasteiger partial charge in [-0.1, -0.05) is 23.8 Å². The molecule has 0 saturated heterocycles. The van der Waals surface area contributed by atoms with E-state index < -0.39 is 0 Å². The second kappa shape index (κ2) is 7.93. The Morgan fingerprint density at radius 2 is 1.93 bits per heavy atom. The summed E-state index contributed by atoms with van der Waals surface area (Å²) in [6.07, 6.45) is 3.41. The van der Waals surface area contributed by atoms with Crippen molar-refractivity contribution in [3.8, 4) is 16.9 Å². The number of furan rings is 1. The number of fused-ring (bicyclic) bond motifs is 1. The van der Waals surface area contributed by atoms with Gasteiger partial charge < -0.3 is 14.5 Å². The van der Waals surface area contributed by atoms with Gasteiger partial charge in [-0.2, -0.15) is 0 Å². The number of allylic oxidation sites excluding steroid dienone is 1. The van der Waals surface area contributed by atoms with Crippen molar-refractivity contribution in [2.75, 3.05) is 13.7 Å². The van der Waals surface area contributed by atoms with Crippen LogP contribution in [0.15, 0.2) is 41.0 Å². The monoisotopic (exact) mass is 377 g/mol. The van der Waals surface area contributed by atoms with Gasteiger partial charge in [-0.3, -0.25) is 4.79 Å². The molecule has 1 N–H and O–H groups in total. The molecule has 0 radical (unpaired) electrons. The number of likely N-dealkylation sites (N-methyl/N-ethyl adjacent to an activating group) is 1. The number of nitrogens with one attached hydrogen (secondary N) is 1. The highest BCUT2D eigenvalue weighted by Crippen LogP contribution is 2.41. The topological polar surface area (TPSA) is 51.5 Å². The smallest absolute Gasteiger partial charge is 0.244 e. The molecule has 0 bridgehead atoms. The lowest BCUT2D eigenvalue weighted by atomic mass is 9.94. The first-order valence-corrected chi connectivity index (χ1v) is 9.53. The minimum Gasteiger partial charge on any atom is -0.493 e. The van der Waals surface area contributed by atoms with Crippen LogP contribution in [0.2, 0.25) is 0 Å². The Kier molecular flexibility index (Phi) is 5.59. The third-order valence-electron chi connectivity index (χ3n) is 5.02. The molecular formula is C24H27NO3. The second-order valence-corrected chi connectivity index (χ2v) is 7.10. The Morgan fingerprint density at radius 1 is 1.18 bits per heavy atom. The molecule has 0 spiro atoms. The van der Waals surface area contributed by atoms with E-state index in [0.717, 1.165) is 44.5 Å². The van der Waals surface area contributed by atoms with E-state index in [0.29, 0.717) is 6.61 Å². The maximum absolute atomic E-state index is 11.9. The number of amides is 1. The summed E-state index contributed by atoms with van der Waals surface area (Å²) in [7, 11) is 1.62. The number of hydrogen-bond acceptors (Lipinski definition) is 3. The first-order valence-electron chi connectivity index (χ1n) is 9.53. The van der Waals surface area contributed by atoms with E-state index in [-0.39, 0.29) is 5.91 Å². The minimum atomic E-state index is -0.139. The fraction of sp³-hybridized carbons (Fsp3) is 0.292. The number of benzene rings is 2. The van der Waals surface area contributed by atoms with Crippen molar-refractivity contribution in [1.29, 1.82) is 0 Å². The lowest BCUT2D eigenvalue weighted by molar-refractivity contribution is -0.116. The predicted molar refractivity (Wildman–Crippen MR) is 115 cm³/mol. The minimum absolute atomic E-state index is 0.139. The number of ether oxygens (including phenoxy) is 1. The summed E-state index contributed by atoms with van der Waals surface area (Å²) in [6, 6.07) is 8.49. The van der Waals surface area contributed by atoms with Gasteiger partial charge in [-0.25, -0.2) is 0 Å². The van der Waals surface area contributed by atoms with Gasteiger partial charge >= 0.3 is 0 Å². The summed E-state index contributed by atoms with van der Waals surface area (Å²) >= 11 is 0. The third kappa shape index (κ3) is 3.55. The summed E-state index contributed by atoms with van der Waals surface area (Å²) in [5.41, 5.74) is 8.13. The largest absolute Gasteiger partial charge is 0.493 e. The first-order chi connectivity index (χ1) is 13.4. The number of carbonyl (C=O) groups is 1. The van der Waals surface area contributed by atoms with Crippen LogP contribution in [0.5, 0.6) is 5.75 Å². The molecule has 0 unspecified atom stereocenters. The highest BCUT2D eigenvalue weighted by atomic mass is 16.5. The molecule has 1 aromatic heterocycles. The summed E-state index contributed by atoms with van der Waals surface area (Å²) in [4.78, 5) is 11.9.